The number of hydrogen-bond acceptors (Lipinski definition) is 5. The van der Waals surface area contributed by atoms with Gasteiger partial charge < -0.3 is 10.6 Å². The lowest BCUT2D eigenvalue weighted by Crippen LogP contribution is -2.19. The highest BCUT2D eigenvalue weighted by Crippen LogP contribution is 2.30. The van der Waals surface area contributed by atoms with Gasteiger partial charge in [0.25, 0.3) is 10.0 Å². The molecule has 4 aromatic rings. The Balaban J connectivity index is 1.50. The van der Waals surface area contributed by atoms with E-state index in [1.165, 1.54) is 23.5 Å². The molecule has 1 heterocycles. The number of halogens is 1. The molecule has 7 nitrogen and oxygen atoms in total. The Morgan fingerprint density at radius 2 is 1.77 bits per heavy atom. The molecule has 0 radical (unpaired) electrons. The summed E-state index contributed by atoms with van der Waals surface area (Å²) in [4.78, 5) is 16.9. The van der Waals surface area contributed by atoms with Gasteiger partial charge in [0.2, 0.25) is 0 Å². The smallest absolute Gasteiger partial charge is 0.308 e. The molecule has 2 amide bonds. The third-order valence-corrected chi connectivity index (χ3v) is 7.28. The number of hydrogen-bond donors (Lipinski definition) is 3. The van der Waals surface area contributed by atoms with Crippen molar-refractivity contribution in [3.05, 3.63) is 77.3 Å². The second kappa shape index (κ2) is 8.54. The minimum atomic E-state index is -3.72. The van der Waals surface area contributed by atoms with Crippen LogP contribution >= 0.6 is 22.9 Å². The van der Waals surface area contributed by atoms with Crippen LogP contribution in [0.5, 0.6) is 0 Å². The Bertz CT molecular complexity index is 1370. The van der Waals surface area contributed by atoms with E-state index in [1.807, 2.05) is 6.92 Å². The van der Waals surface area contributed by atoms with E-state index in [0.29, 0.717) is 21.9 Å². The third kappa shape index (κ3) is 4.79. The molecule has 0 saturated carbocycles. The van der Waals surface area contributed by atoms with Crippen LogP contribution in [0.25, 0.3) is 10.2 Å². The lowest BCUT2D eigenvalue weighted by Gasteiger charge is -2.10. The number of urea groups is 1. The fourth-order valence-electron chi connectivity index (χ4n) is 2.85. The lowest BCUT2D eigenvalue weighted by molar-refractivity contribution is 0.262. The van der Waals surface area contributed by atoms with Gasteiger partial charge in [0.15, 0.2) is 5.13 Å². The van der Waals surface area contributed by atoms with Crippen LogP contribution < -0.4 is 15.4 Å². The van der Waals surface area contributed by atoms with Crippen LogP contribution in [0.4, 0.5) is 21.3 Å². The Labute approximate surface area is 188 Å². The predicted octanol–water partition coefficient (Wildman–Crippen LogP) is 5.70. The van der Waals surface area contributed by atoms with E-state index in [1.54, 1.807) is 54.6 Å². The average molecular weight is 473 g/mol. The molecule has 0 aliphatic carbocycles. The molecule has 4 rings (SSSR count). The van der Waals surface area contributed by atoms with Gasteiger partial charge in [-0.3, -0.25) is 4.72 Å². The summed E-state index contributed by atoms with van der Waals surface area (Å²) in [5, 5.41) is 6.31. The van der Waals surface area contributed by atoms with E-state index in [9.17, 15) is 13.2 Å². The lowest BCUT2D eigenvalue weighted by atomic mass is 10.2. The van der Waals surface area contributed by atoms with E-state index < -0.39 is 16.1 Å². The number of thiazole rings is 1. The van der Waals surface area contributed by atoms with Crippen molar-refractivity contribution in [1.82, 2.24) is 4.98 Å². The van der Waals surface area contributed by atoms with E-state index in [0.717, 1.165) is 10.3 Å². The topological polar surface area (TPSA) is 100 Å². The van der Waals surface area contributed by atoms with E-state index in [2.05, 4.69) is 20.3 Å². The number of anilines is 3. The molecule has 1 aromatic heterocycles. The van der Waals surface area contributed by atoms with Gasteiger partial charge in [-0.1, -0.05) is 47.2 Å². The number of carbonyl (C=O) groups is 1. The molecule has 0 bridgehead atoms. The van der Waals surface area contributed by atoms with Crippen LogP contribution in [-0.4, -0.2) is 19.4 Å². The van der Waals surface area contributed by atoms with E-state index in [-0.39, 0.29) is 10.0 Å². The molecule has 0 saturated heterocycles. The standard InChI is InChI=1S/C21H17ClN4O3S2/c1-13-16(22)8-5-9-17(13)24-20(27)23-14-10-11-19-18(12-14)25-21(30-19)26-31(28,29)15-6-3-2-4-7-15/h2-12H,1H3,(H,25,26)(H2,23,24,27). The number of aromatic nitrogens is 1. The molecule has 31 heavy (non-hydrogen) atoms. The van der Waals surface area contributed by atoms with Crippen molar-refractivity contribution in [3.8, 4) is 0 Å². The second-order valence-corrected chi connectivity index (χ2v) is 9.73. The summed E-state index contributed by atoms with van der Waals surface area (Å²) in [6.07, 6.45) is 0. The largest absolute Gasteiger partial charge is 0.323 e. The number of rotatable bonds is 5. The maximum absolute atomic E-state index is 12.5. The van der Waals surface area contributed by atoms with Crippen LogP contribution in [0.2, 0.25) is 5.02 Å². The maximum atomic E-state index is 12.5. The summed E-state index contributed by atoms with van der Waals surface area (Å²) in [5.41, 5.74) is 2.46. The quantitative estimate of drug-likeness (QED) is 0.346. The van der Waals surface area contributed by atoms with Crippen molar-refractivity contribution in [2.75, 3.05) is 15.4 Å². The zero-order valence-electron chi connectivity index (χ0n) is 16.2. The number of sulfonamides is 1. The first-order valence-corrected chi connectivity index (χ1v) is 11.8. The SMILES string of the molecule is Cc1c(Cl)cccc1NC(=O)Nc1ccc2sc(NS(=O)(=O)c3ccccc3)nc2c1. The zero-order chi connectivity index (χ0) is 22.0. The van der Waals surface area contributed by atoms with Gasteiger partial charge in [0.1, 0.15) is 0 Å². The number of benzene rings is 3. The molecule has 0 spiro atoms. The molecule has 3 aromatic carbocycles. The number of carbonyl (C=O) groups excluding carboxylic acids is 1. The van der Waals surface area contributed by atoms with Crippen molar-refractivity contribution in [1.29, 1.82) is 0 Å². The van der Waals surface area contributed by atoms with Crippen LogP contribution in [0.15, 0.2) is 71.6 Å². The Hall–Kier alpha value is -3.14. The summed E-state index contributed by atoms with van der Waals surface area (Å²) in [7, 11) is -3.72. The fraction of sp³-hybridized carbons (Fsp3) is 0.0476. The van der Waals surface area contributed by atoms with Crippen molar-refractivity contribution < 1.29 is 13.2 Å². The molecule has 0 aliphatic heterocycles. The molecule has 0 unspecified atom stereocenters. The molecule has 3 N–H and O–H groups in total. The first-order valence-electron chi connectivity index (χ1n) is 9.13. The van der Waals surface area contributed by atoms with Gasteiger partial charge in [0.05, 0.1) is 15.1 Å². The summed E-state index contributed by atoms with van der Waals surface area (Å²) in [5.74, 6) is 0. The van der Waals surface area contributed by atoms with Crippen molar-refractivity contribution >= 4 is 65.7 Å². The molecule has 0 atom stereocenters. The van der Waals surface area contributed by atoms with Crippen LogP contribution in [0, 0.1) is 6.92 Å². The third-order valence-electron chi connectivity index (χ3n) is 4.44. The summed E-state index contributed by atoms with van der Waals surface area (Å²) in [6, 6.07) is 18.1. The average Bonchev–Trinajstić information content (AvgIpc) is 3.13. The van der Waals surface area contributed by atoms with Gasteiger partial charge in [-0.05, 0) is 55.0 Å². The van der Waals surface area contributed by atoms with Gasteiger partial charge in [-0.2, -0.15) is 0 Å². The van der Waals surface area contributed by atoms with E-state index in [4.69, 9.17) is 11.6 Å². The fourth-order valence-corrected chi connectivity index (χ4v) is 5.13. The monoisotopic (exact) mass is 472 g/mol. The van der Waals surface area contributed by atoms with Gasteiger partial charge in [0, 0.05) is 16.4 Å². The molecular formula is C21H17ClN4O3S2. The number of amides is 2. The zero-order valence-corrected chi connectivity index (χ0v) is 18.6. The number of nitrogens with one attached hydrogen (secondary N) is 3. The normalized spacial score (nSPS) is 11.3. The summed E-state index contributed by atoms with van der Waals surface area (Å²) < 4.78 is 28.3. The minimum Gasteiger partial charge on any atom is -0.308 e. The van der Waals surface area contributed by atoms with Crippen molar-refractivity contribution in [2.45, 2.75) is 11.8 Å². The van der Waals surface area contributed by atoms with Gasteiger partial charge >= 0.3 is 6.03 Å². The van der Waals surface area contributed by atoms with Crippen LogP contribution in [-0.2, 0) is 10.0 Å². The molecular weight excluding hydrogens is 456 g/mol. The van der Waals surface area contributed by atoms with Crippen molar-refractivity contribution in [3.63, 3.8) is 0 Å². The Kier molecular flexibility index (Phi) is 5.81. The maximum Gasteiger partial charge on any atom is 0.323 e. The van der Waals surface area contributed by atoms with Crippen LogP contribution in [0.1, 0.15) is 5.56 Å². The highest BCUT2D eigenvalue weighted by molar-refractivity contribution is 7.93. The van der Waals surface area contributed by atoms with Gasteiger partial charge in [-0.15, -0.1) is 0 Å². The molecule has 0 aliphatic rings. The Morgan fingerprint density at radius 1 is 1.00 bits per heavy atom. The first-order chi connectivity index (χ1) is 14.8. The highest BCUT2D eigenvalue weighted by Gasteiger charge is 2.16. The molecule has 158 valence electrons. The summed E-state index contributed by atoms with van der Waals surface area (Å²) in [6.45, 7) is 1.82. The van der Waals surface area contributed by atoms with Gasteiger partial charge in [-0.25, -0.2) is 18.2 Å². The first kappa shape index (κ1) is 21.1. The second-order valence-electron chi connectivity index (χ2n) is 6.61. The van der Waals surface area contributed by atoms with Crippen molar-refractivity contribution in [2.24, 2.45) is 0 Å². The molecule has 10 heteroatoms. The van der Waals surface area contributed by atoms with Crippen LogP contribution in [0.3, 0.4) is 0 Å². The number of nitrogens with zero attached hydrogens (tertiary/aromatic N) is 1. The Morgan fingerprint density at radius 3 is 2.55 bits per heavy atom. The van der Waals surface area contributed by atoms with E-state index >= 15 is 0 Å². The predicted molar refractivity (Wildman–Crippen MR) is 126 cm³/mol. The minimum absolute atomic E-state index is 0.157. The molecule has 0 fully saturated rings. The number of fused-ring (bicyclic) bond motifs is 1. The summed E-state index contributed by atoms with van der Waals surface area (Å²) >= 11 is 7.29. The highest BCUT2D eigenvalue weighted by atomic mass is 35.5.